The maximum Gasteiger partial charge on any atom is 0.255 e. The molecule has 0 radical (unpaired) electrons. The predicted octanol–water partition coefficient (Wildman–Crippen LogP) is 2.95. The summed E-state index contributed by atoms with van der Waals surface area (Å²) in [5.74, 6) is 0.269. The number of carbonyl (C=O) groups excluding carboxylic acids is 1. The van der Waals surface area contributed by atoms with E-state index in [4.69, 9.17) is 4.74 Å². The second-order valence-corrected chi connectivity index (χ2v) is 4.96. The first-order valence-corrected chi connectivity index (χ1v) is 6.79. The van der Waals surface area contributed by atoms with E-state index in [1.54, 1.807) is 47.3 Å². The van der Waals surface area contributed by atoms with Gasteiger partial charge in [-0.15, -0.1) is 11.3 Å². The van der Waals surface area contributed by atoms with Gasteiger partial charge in [-0.25, -0.2) is 9.97 Å². The van der Waals surface area contributed by atoms with Gasteiger partial charge < -0.3 is 10.1 Å². The monoisotopic (exact) mass is 285 g/mol. The summed E-state index contributed by atoms with van der Waals surface area (Å²) in [7, 11) is 1.53. The zero-order chi connectivity index (χ0) is 13.9. The van der Waals surface area contributed by atoms with Gasteiger partial charge >= 0.3 is 0 Å². The fraction of sp³-hybridized carbons (Fsp3) is 0.0714. The molecule has 1 N–H and O–H groups in total. The molecular formula is C14H11N3O2S. The van der Waals surface area contributed by atoms with Gasteiger partial charge in [0, 0.05) is 23.5 Å². The average molecular weight is 285 g/mol. The molecule has 0 spiro atoms. The Kier molecular flexibility index (Phi) is 3.30. The second-order valence-electron chi connectivity index (χ2n) is 4.08. The molecule has 2 aromatic heterocycles. The van der Waals surface area contributed by atoms with Crippen LogP contribution in [0.15, 0.2) is 42.0 Å². The van der Waals surface area contributed by atoms with Gasteiger partial charge in [-0.3, -0.25) is 4.79 Å². The standard InChI is InChI=1S/C14H11N3O2S/c1-19-13-7-10(4-5-15-13)17-14(18)9-2-3-12-11(6-9)16-8-20-12/h2-8H,1H3,(H,15,17,18). The quantitative estimate of drug-likeness (QED) is 0.803. The van der Waals surface area contributed by atoms with Gasteiger partial charge in [-0.1, -0.05) is 0 Å². The van der Waals surface area contributed by atoms with Crippen LogP contribution >= 0.6 is 11.3 Å². The molecule has 0 fully saturated rings. The second kappa shape index (κ2) is 5.26. The lowest BCUT2D eigenvalue weighted by Crippen LogP contribution is -2.11. The molecule has 1 amide bonds. The van der Waals surface area contributed by atoms with Gasteiger partial charge in [-0.05, 0) is 24.3 Å². The van der Waals surface area contributed by atoms with E-state index in [2.05, 4.69) is 15.3 Å². The van der Waals surface area contributed by atoms with Crippen LogP contribution in [-0.4, -0.2) is 23.0 Å². The Morgan fingerprint density at radius 3 is 3.00 bits per heavy atom. The molecule has 5 nitrogen and oxygen atoms in total. The summed E-state index contributed by atoms with van der Waals surface area (Å²) in [6.07, 6.45) is 1.58. The Hall–Kier alpha value is -2.47. The van der Waals surface area contributed by atoms with Crippen LogP contribution in [0.25, 0.3) is 10.2 Å². The van der Waals surface area contributed by atoms with Gasteiger partial charge in [0.1, 0.15) is 0 Å². The highest BCUT2D eigenvalue weighted by Crippen LogP contribution is 2.20. The number of fused-ring (bicyclic) bond motifs is 1. The number of anilines is 1. The van der Waals surface area contributed by atoms with Crippen LogP contribution in [0.4, 0.5) is 5.69 Å². The number of methoxy groups -OCH3 is 1. The van der Waals surface area contributed by atoms with Crippen LogP contribution in [0.2, 0.25) is 0 Å². The van der Waals surface area contributed by atoms with Gasteiger partial charge in [0.25, 0.3) is 5.91 Å². The lowest BCUT2D eigenvalue weighted by atomic mass is 10.2. The number of carbonyl (C=O) groups is 1. The van der Waals surface area contributed by atoms with Crippen molar-refractivity contribution in [1.29, 1.82) is 0 Å². The van der Waals surface area contributed by atoms with Crippen molar-refractivity contribution in [3.05, 3.63) is 47.6 Å². The van der Waals surface area contributed by atoms with E-state index in [1.165, 1.54) is 7.11 Å². The Balaban J connectivity index is 1.84. The number of aromatic nitrogens is 2. The number of thiazole rings is 1. The Morgan fingerprint density at radius 1 is 1.25 bits per heavy atom. The number of benzene rings is 1. The molecular weight excluding hydrogens is 274 g/mol. The van der Waals surface area contributed by atoms with Gasteiger partial charge in [-0.2, -0.15) is 0 Å². The number of hydrogen-bond donors (Lipinski definition) is 1. The Labute approximate surface area is 119 Å². The first-order valence-electron chi connectivity index (χ1n) is 5.91. The highest BCUT2D eigenvalue weighted by Gasteiger charge is 2.08. The molecule has 0 bridgehead atoms. The minimum absolute atomic E-state index is 0.187. The summed E-state index contributed by atoms with van der Waals surface area (Å²) in [6.45, 7) is 0. The Bertz CT molecular complexity index is 770. The zero-order valence-corrected chi connectivity index (χ0v) is 11.5. The third kappa shape index (κ3) is 2.46. The first-order chi connectivity index (χ1) is 9.76. The lowest BCUT2D eigenvalue weighted by molar-refractivity contribution is 0.102. The Morgan fingerprint density at radius 2 is 2.15 bits per heavy atom. The van der Waals surface area contributed by atoms with Gasteiger partial charge in [0.15, 0.2) is 0 Å². The number of nitrogens with one attached hydrogen (secondary N) is 1. The van der Waals surface area contributed by atoms with E-state index in [0.717, 1.165) is 10.2 Å². The van der Waals surface area contributed by atoms with Crippen LogP contribution in [-0.2, 0) is 0 Å². The maximum absolute atomic E-state index is 12.2. The smallest absolute Gasteiger partial charge is 0.255 e. The normalized spacial score (nSPS) is 10.4. The first kappa shape index (κ1) is 12.6. The molecule has 0 aliphatic carbocycles. The number of nitrogens with zero attached hydrogens (tertiary/aromatic N) is 2. The van der Waals surface area contributed by atoms with Crippen molar-refractivity contribution in [3.63, 3.8) is 0 Å². The number of hydrogen-bond acceptors (Lipinski definition) is 5. The van der Waals surface area contributed by atoms with Crippen molar-refractivity contribution in [3.8, 4) is 5.88 Å². The molecule has 0 aliphatic heterocycles. The highest BCUT2D eigenvalue weighted by molar-refractivity contribution is 7.16. The van der Waals surface area contributed by atoms with E-state index in [9.17, 15) is 4.79 Å². The summed E-state index contributed by atoms with van der Waals surface area (Å²) in [5, 5.41) is 2.81. The molecule has 0 atom stereocenters. The largest absolute Gasteiger partial charge is 0.481 e. The molecule has 0 aliphatic rings. The average Bonchev–Trinajstić information content (AvgIpc) is 2.94. The van der Waals surface area contributed by atoms with Crippen molar-refractivity contribution in [1.82, 2.24) is 9.97 Å². The maximum atomic E-state index is 12.2. The van der Waals surface area contributed by atoms with E-state index in [0.29, 0.717) is 17.1 Å². The van der Waals surface area contributed by atoms with E-state index in [1.807, 2.05) is 6.07 Å². The van der Waals surface area contributed by atoms with Crippen LogP contribution < -0.4 is 10.1 Å². The molecule has 0 saturated heterocycles. The molecule has 3 aromatic rings. The molecule has 0 unspecified atom stereocenters. The number of pyridine rings is 1. The minimum atomic E-state index is -0.187. The van der Waals surface area contributed by atoms with E-state index >= 15 is 0 Å². The van der Waals surface area contributed by atoms with Crippen molar-refractivity contribution < 1.29 is 9.53 Å². The molecule has 0 saturated carbocycles. The number of ether oxygens (including phenoxy) is 1. The molecule has 2 heterocycles. The SMILES string of the molecule is COc1cc(NC(=O)c2ccc3scnc3c2)ccn1. The molecule has 6 heteroatoms. The van der Waals surface area contributed by atoms with E-state index in [-0.39, 0.29) is 5.91 Å². The van der Waals surface area contributed by atoms with Crippen LogP contribution in [0.5, 0.6) is 5.88 Å². The lowest BCUT2D eigenvalue weighted by Gasteiger charge is -2.06. The molecule has 20 heavy (non-hydrogen) atoms. The highest BCUT2D eigenvalue weighted by atomic mass is 32.1. The van der Waals surface area contributed by atoms with Gasteiger partial charge in [0.2, 0.25) is 5.88 Å². The van der Waals surface area contributed by atoms with Crippen molar-refractivity contribution in [2.75, 3.05) is 12.4 Å². The van der Waals surface area contributed by atoms with Crippen molar-refractivity contribution in [2.45, 2.75) is 0 Å². The minimum Gasteiger partial charge on any atom is -0.481 e. The molecule has 3 rings (SSSR count). The topological polar surface area (TPSA) is 64.1 Å². The summed E-state index contributed by atoms with van der Waals surface area (Å²) < 4.78 is 6.08. The third-order valence-corrected chi connectivity index (χ3v) is 3.60. The summed E-state index contributed by atoms with van der Waals surface area (Å²) in [5.41, 5.74) is 3.80. The third-order valence-electron chi connectivity index (χ3n) is 2.79. The van der Waals surface area contributed by atoms with Crippen LogP contribution in [0.3, 0.4) is 0 Å². The van der Waals surface area contributed by atoms with E-state index < -0.39 is 0 Å². The van der Waals surface area contributed by atoms with Crippen LogP contribution in [0.1, 0.15) is 10.4 Å². The summed E-state index contributed by atoms with van der Waals surface area (Å²) in [6, 6.07) is 8.84. The van der Waals surface area contributed by atoms with Crippen molar-refractivity contribution >= 4 is 33.1 Å². The fourth-order valence-electron chi connectivity index (χ4n) is 1.80. The van der Waals surface area contributed by atoms with Gasteiger partial charge in [0.05, 0.1) is 22.8 Å². The molecule has 1 aromatic carbocycles. The summed E-state index contributed by atoms with van der Waals surface area (Å²) >= 11 is 1.55. The number of amides is 1. The fourth-order valence-corrected chi connectivity index (χ4v) is 2.46. The zero-order valence-electron chi connectivity index (χ0n) is 10.7. The predicted molar refractivity (Wildman–Crippen MR) is 78.4 cm³/mol. The van der Waals surface area contributed by atoms with Crippen LogP contribution in [0, 0.1) is 0 Å². The number of rotatable bonds is 3. The van der Waals surface area contributed by atoms with Crippen molar-refractivity contribution in [2.24, 2.45) is 0 Å². The summed E-state index contributed by atoms with van der Waals surface area (Å²) in [4.78, 5) is 20.4. The molecule has 100 valence electrons.